The number of sulfonamides is 1. The summed E-state index contributed by atoms with van der Waals surface area (Å²) in [6.07, 6.45) is 4.37. The zero-order valence-electron chi connectivity index (χ0n) is 19.0. The van der Waals surface area contributed by atoms with Crippen LogP contribution in [-0.4, -0.2) is 51.5 Å². The molecular weight excluding hydrogens is 436 g/mol. The molecule has 1 aliphatic rings. The van der Waals surface area contributed by atoms with Gasteiger partial charge in [-0.15, -0.1) is 13.2 Å². The molecule has 0 saturated heterocycles. The van der Waals surface area contributed by atoms with Gasteiger partial charge in [-0.1, -0.05) is 60.7 Å². The lowest BCUT2D eigenvalue weighted by Crippen LogP contribution is -2.34. The highest BCUT2D eigenvalue weighted by Gasteiger charge is 2.35. The molecule has 176 valence electrons. The SMILES string of the molecule is C=CC[C@H](CCN(CC=C)S(=O)(=O)c1ccccc1)C1=N[C@@H](COC)[C@H](c2ccccc2)O1. The fraction of sp³-hybridized carbons (Fsp3) is 0.346. The highest BCUT2D eigenvalue weighted by molar-refractivity contribution is 7.89. The minimum absolute atomic E-state index is 0.0890. The highest BCUT2D eigenvalue weighted by atomic mass is 32.2. The molecule has 3 atom stereocenters. The maximum Gasteiger partial charge on any atom is 0.243 e. The molecule has 2 aromatic carbocycles. The first-order valence-electron chi connectivity index (χ1n) is 11.1. The van der Waals surface area contributed by atoms with Gasteiger partial charge >= 0.3 is 0 Å². The fourth-order valence-electron chi connectivity index (χ4n) is 3.94. The number of rotatable bonds is 13. The average Bonchev–Trinajstić information content (AvgIpc) is 3.26. The van der Waals surface area contributed by atoms with Gasteiger partial charge in [0.1, 0.15) is 12.1 Å². The van der Waals surface area contributed by atoms with Gasteiger partial charge in [0.15, 0.2) is 5.90 Å². The number of allylic oxidation sites excluding steroid dienone is 1. The second-order valence-electron chi connectivity index (χ2n) is 7.91. The van der Waals surface area contributed by atoms with E-state index in [4.69, 9.17) is 14.5 Å². The summed E-state index contributed by atoms with van der Waals surface area (Å²) >= 11 is 0. The molecule has 0 N–H and O–H groups in total. The molecule has 0 fully saturated rings. The summed E-state index contributed by atoms with van der Waals surface area (Å²) in [5, 5.41) is 0. The number of hydrogen-bond donors (Lipinski definition) is 0. The van der Waals surface area contributed by atoms with E-state index >= 15 is 0 Å². The average molecular weight is 469 g/mol. The van der Waals surface area contributed by atoms with Crippen LogP contribution in [0.15, 0.2) is 95.9 Å². The molecular formula is C26H32N2O4S. The molecule has 0 amide bonds. The Morgan fingerprint density at radius 1 is 1.09 bits per heavy atom. The quantitative estimate of drug-likeness (QED) is 0.402. The van der Waals surface area contributed by atoms with Crippen molar-refractivity contribution in [3.63, 3.8) is 0 Å². The summed E-state index contributed by atoms with van der Waals surface area (Å²) in [7, 11) is -1.98. The Balaban J connectivity index is 1.78. The Morgan fingerprint density at radius 3 is 2.36 bits per heavy atom. The summed E-state index contributed by atoms with van der Waals surface area (Å²) in [6.45, 7) is 8.60. The third-order valence-corrected chi connectivity index (χ3v) is 7.48. The van der Waals surface area contributed by atoms with Crippen LogP contribution in [0.3, 0.4) is 0 Å². The van der Waals surface area contributed by atoms with Gasteiger partial charge in [0.2, 0.25) is 10.0 Å². The maximum absolute atomic E-state index is 13.2. The van der Waals surface area contributed by atoms with E-state index in [0.29, 0.717) is 31.9 Å². The molecule has 33 heavy (non-hydrogen) atoms. The smallest absolute Gasteiger partial charge is 0.243 e. The first kappa shape index (κ1) is 24.9. The van der Waals surface area contributed by atoms with Gasteiger partial charge < -0.3 is 9.47 Å². The number of aliphatic imine (C=N–C) groups is 1. The monoisotopic (exact) mass is 468 g/mol. The van der Waals surface area contributed by atoms with E-state index in [1.54, 1.807) is 43.5 Å². The van der Waals surface area contributed by atoms with Gasteiger partial charge in [0.05, 0.1) is 11.5 Å². The molecule has 0 aromatic heterocycles. The zero-order valence-corrected chi connectivity index (χ0v) is 19.9. The van der Waals surface area contributed by atoms with E-state index in [2.05, 4.69) is 13.2 Å². The van der Waals surface area contributed by atoms with Crippen LogP contribution in [0.1, 0.15) is 24.5 Å². The van der Waals surface area contributed by atoms with Crippen LogP contribution in [0.25, 0.3) is 0 Å². The van der Waals surface area contributed by atoms with Gasteiger partial charge in [-0.2, -0.15) is 4.31 Å². The summed E-state index contributed by atoms with van der Waals surface area (Å²) < 4.78 is 39.5. The largest absolute Gasteiger partial charge is 0.470 e. The van der Waals surface area contributed by atoms with Gasteiger partial charge in [-0.25, -0.2) is 13.4 Å². The van der Waals surface area contributed by atoms with Gasteiger partial charge in [-0.05, 0) is 30.5 Å². The summed E-state index contributed by atoms with van der Waals surface area (Å²) in [4.78, 5) is 5.10. The molecule has 0 unspecified atom stereocenters. The molecule has 6 nitrogen and oxygen atoms in total. The van der Waals surface area contributed by atoms with Crippen molar-refractivity contribution >= 4 is 15.9 Å². The highest BCUT2D eigenvalue weighted by Crippen LogP contribution is 2.33. The van der Waals surface area contributed by atoms with E-state index in [1.165, 1.54) is 4.31 Å². The van der Waals surface area contributed by atoms with Crippen molar-refractivity contribution in [1.29, 1.82) is 0 Å². The molecule has 1 heterocycles. The van der Waals surface area contributed by atoms with E-state index in [-0.39, 0.29) is 29.5 Å². The second kappa shape index (κ2) is 11.9. The van der Waals surface area contributed by atoms with Crippen molar-refractivity contribution in [2.24, 2.45) is 10.9 Å². The van der Waals surface area contributed by atoms with Crippen LogP contribution in [0, 0.1) is 5.92 Å². The molecule has 0 saturated carbocycles. The maximum atomic E-state index is 13.2. The third-order valence-electron chi connectivity index (χ3n) is 5.60. The molecule has 1 aliphatic heterocycles. The van der Waals surface area contributed by atoms with Gasteiger partial charge in [0, 0.05) is 26.1 Å². The van der Waals surface area contributed by atoms with E-state index in [0.717, 1.165) is 5.56 Å². The lowest BCUT2D eigenvalue weighted by atomic mass is 10.0. The first-order chi connectivity index (χ1) is 16.0. The fourth-order valence-corrected chi connectivity index (χ4v) is 5.39. The first-order valence-corrected chi connectivity index (χ1v) is 12.5. The van der Waals surface area contributed by atoms with Crippen LogP contribution < -0.4 is 0 Å². The van der Waals surface area contributed by atoms with E-state index in [1.807, 2.05) is 36.4 Å². The Bertz CT molecular complexity index is 1040. The predicted octanol–water partition coefficient (Wildman–Crippen LogP) is 4.63. The van der Waals surface area contributed by atoms with Gasteiger partial charge in [0.25, 0.3) is 0 Å². The normalized spacial score (nSPS) is 19.0. The third kappa shape index (κ3) is 6.19. The summed E-state index contributed by atoms with van der Waals surface area (Å²) in [5.41, 5.74) is 1.04. The van der Waals surface area contributed by atoms with Crippen molar-refractivity contribution in [3.8, 4) is 0 Å². The number of ether oxygens (including phenoxy) is 2. The van der Waals surface area contributed by atoms with E-state index < -0.39 is 10.0 Å². The van der Waals surface area contributed by atoms with Crippen molar-refractivity contribution in [1.82, 2.24) is 4.31 Å². The minimum atomic E-state index is -3.63. The molecule has 7 heteroatoms. The molecule has 0 aliphatic carbocycles. The van der Waals surface area contributed by atoms with Crippen LogP contribution in [0.5, 0.6) is 0 Å². The van der Waals surface area contributed by atoms with Crippen LogP contribution >= 0.6 is 0 Å². The van der Waals surface area contributed by atoms with Crippen LogP contribution in [0.4, 0.5) is 0 Å². The van der Waals surface area contributed by atoms with Crippen LogP contribution in [-0.2, 0) is 19.5 Å². The zero-order chi connectivity index (χ0) is 23.7. The standard InChI is InChI=1S/C26H32N2O4S/c1-4-12-22(17-19-28(18-5-2)33(29,30)23-15-10-7-11-16-23)26-27-24(20-31-3)25(32-26)21-13-8-6-9-14-21/h4-11,13-16,22,24-25H,1-2,12,17-20H2,3H3/t22-,24+,25+/m1/s1. The van der Waals surface area contributed by atoms with Crippen molar-refractivity contribution < 1.29 is 17.9 Å². The number of benzene rings is 2. The Morgan fingerprint density at radius 2 is 1.76 bits per heavy atom. The van der Waals surface area contributed by atoms with Crippen LogP contribution in [0.2, 0.25) is 0 Å². The number of methoxy groups -OCH3 is 1. The van der Waals surface area contributed by atoms with Crippen molar-refractivity contribution in [3.05, 3.63) is 91.5 Å². The topological polar surface area (TPSA) is 68.2 Å². The number of hydrogen-bond acceptors (Lipinski definition) is 5. The molecule has 3 rings (SSSR count). The van der Waals surface area contributed by atoms with E-state index in [9.17, 15) is 8.42 Å². The molecule has 0 radical (unpaired) electrons. The Hall–Kier alpha value is -2.74. The molecule has 2 aromatic rings. The molecule has 0 spiro atoms. The van der Waals surface area contributed by atoms with Gasteiger partial charge in [-0.3, -0.25) is 0 Å². The lowest BCUT2D eigenvalue weighted by Gasteiger charge is -2.24. The summed E-state index contributed by atoms with van der Waals surface area (Å²) in [5.74, 6) is 0.537. The summed E-state index contributed by atoms with van der Waals surface area (Å²) in [6, 6.07) is 18.3. The number of nitrogens with zero attached hydrogens (tertiary/aromatic N) is 2. The minimum Gasteiger partial charge on any atom is -0.470 e. The molecule has 0 bridgehead atoms. The Kier molecular flexibility index (Phi) is 9.00. The van der Waals surface area contributed by atoms with Crippen molar-refractivity contribution in [2.75, 3.05) is 26.8 Å². The lowest BCUT2D eigenvalue weighted by molar-refractivity contribution is 0.116. The Labute approximate surface area is 197 Å². The van der Waals surface area contributed by atoms with Crippen molar-refractivity contribution in [2.45, 2.75) is 29.9 Å². The predicted molar refractivity (Wildman–Crippen MR) is 132 cm³/mol. The second-order valence-corrected chi connectivity index (χ2v) is 9.85.